The fourth-order valence-electron chi connectivity index (χ4n) is 8.55. The van der Waals surface area contributed by atoms with E-state index in [1.807, 2.05) is 91.0 Å². The third kappa shape index (κ3) is 9.28. The second kappa shape index (κ2) is 18.9. The number of halogens is 1. The molecule has 0 N–H and O–H groups in total. The van der Waals surface area contributed by atoms with Gasteiger partial charge in [0.15, 0.2) is 0 Å². The van der Waals surface area contributed by atoms with E-state index < -0.39 is 19.1 Å². The number of furan rings is 1. The first-order chi connectivity index (χ1) is 30.9. The number of hydrogen-bond donors (Lipinski definition) is 0. The molecule has 10 rings (SSSR count). The van der Waals surface area contributed by atoms with Gasteiger partial charge in [-0.05, 0) is 58.5 Å². The standard InChI is InChI=1S/C39H27FN3O.C18H24GeN.Ir/c1-39(2,27-13-7-4-8-14-27)34-24-22-29-35-31(40)23-21-30(36(35)44-38(29)42-34)37-41-32-15-9-10-16-33(32)43(37)28-19-17-26(18-20-28)25-11-5-3-6-12-25;1-14(2)11-16-12-18(15-9-7-6-8-10-15)20-13-17(16)19(3,4)5;/h3-20,22-24H,1-2H3;6-9,12-14H,11H2,1-5H3;/q2*-1;. The van der Waals surface area contributed by atoms with Gasteiger partial charge in [0.25, 0.3) is 0 Å². The largest absolute Gasteiger partial charge is 0 e. The molecule has 327 valence electrons. The first-order valence-electron chi connectivity index (χ1n) is 22.0. The topological polar surface area (TPSA) is 56.7 Å². The number of aromatic nitrogens is 4. The molecule has 4 aromatic heterocycles. The van der Waals surface area contributed by atoms with Crippen molar-refractivity contribution < 1.29 is 28.9 Å². The Labute approximate surface area is 397 Å². The van der Waals surface area contributed by atoms with Crippen LogP contribution in [0.3, 0.4) is 0 Å². The van der Waals surface area contributed by atoms with Gasteiger partial charge in [0, 0.05) is 42.4 Å². The van der Waals surface area contributed by atoms with Crippen molar-refractivity contribution in [3.8, 4) is 39.5 Å². The molecule has 8 heteroatoms. The Morgan fingerprint density at radius 2 is 1.43 bits per heavy atom. The molecule has 0 aliphatic carbocycles. The van der Waals surface area contributed by atoms with Gasteiger partial charge in [0.1, 0.15) is 0 Å². The summed E-state index contributed by atoms with van der Waals surface area (Å²) in [5.74, 6) is 8.20. The Hall–Kier alpha value is -5.99. The number of pyridine rings is 2. The molecule has 0 atom stereocenters. The van der Waals surface area contributed by atoms with E-state index >= 15 is 4.39 Å². The van der Waals surface area contributed by atoms with Crippen LogP contribution in [0, 0.1) is 23.9 Å². The molecule has 0 amide bonds. The molecule has 1 radical (unpaired) electrons. The van der Waals surface area contributed by atoms with Crippen LogP contribution in [-0.2, 0) is 31.9 Å². The molecule has 6 aromatic carbocycles. The predicted molar refractivity (Wildman–Crippen MR) is 264 cm³/mol. The van der Waals surface area contributed by atoms with Gasteiger partial charge in [-0.3, -0.25) is 9.37 Å². The molecule has 0 saturated carbocycles. The van der Waals surface area contributed by atoms with Crippen LogP contribution in [0.2, 0.25) is 17.3 Å². The molecule has 5 nitrogen and oxygen atoms in total. The summed E-state index contributed by atoms with van der Waals surface area (Å²) in [6.45, 7) is 8.83. The first kappa shape index (κ1) is 45.6. The molecule has 4 heterocycles. The van der Waals surface area contributed by atoms with Crippen LogP contribution in [0.1, 0.15) is 44.5 Å². The van der Waals surface area contributed by atoms with Crippen LogP contribution < -0.4 is 4.40 Å². The van der Waals surface area contributed by atoms with Crippen LogP contribution >= 0.6 is 0 Å². The van der Waals surface area contributed by atoms with Gasteiger partial charge in [-0.1, -0.05) is 104 Å². The minimum absolute atomic E-state index is 0. The van der Waals surface area contributed by atoms with Gasteiger partial charge < -0.3 is 8.98 Å². The van der Waals surface area contributed by atoms with Gasteiger partial charge in [-0.2, -0.15) is 0 Å². The molecule has 0 fully saturated rings. The van der Waals surface area contributed by atoms with Crippen molar-refractivity contribution >= 4 is 50.8 Å². The van der Waals surface area contributed by atoms with Gasteiger partial charge in [0.2, 0.25) is 5.71 Å². The first-order valence-corrected chi connectivity index (χ1v) is 29.3. The number of fused-ring (bicyclic) bond motifs is 4. The Morgan fingerprint density at radius 3 is 2.12 bits per heavy atom. The van der Waals surface area contributed by atoms with Crippen molar-refractivity contribution in [2.45, 2.75) is 56.8 Å². The van der Waals surface area contributed by atoms with E-state index in [9.17, 15) is 0 Å². The van der Waals surface area contributed by atoms with E-state index in [2.05, 4.69) is 129 Å². The average molecular weight is 1090 g/mol. The van der Waals surface area contributed by atoms with Gasteiger partial charge in [0.05, 0.1) is 28.1 Å². The van der Waals surface area contributed by atoms with E-state index in [1.165, 1.54) is 11.6 Å². The van der Waals surface area contributed by atoms with Crippen molar-refractivity contribution in [1.82, 2.24) is 19.5 Å². The fraction of sp³-hybridized carbons (Fsp3) is 0.175. The monoisotopic (exact) mass is 1090 g/mol. The van der Waals surface area contributed by atoms with Crippen molar-refractivity contribution in [2.24, 2.45) is 5.92 Å². The Balaban J connectivity index is 0.000000232. The number of nitrogens with zero attached hydrogens (tertiary/aromatic N) is 4. The maximum Gasteiger partial charge on any atom is 0 e. The number of imidazole rings is 1. The van der Waals surface area contributed by atoms with Crippen LogP contribution in [0.25, 0.3) is 72.6 Å². The molecule has 65 heavy (non-hydrogen) atoms. The minimum atomic E-state index is -1.86. The summed E-state index contributed by atoms with van der Waals surface area (Å²) in [6, 6.07) is 58.9. The molecule has 0 spiro atoms. The fourth-order valence-corrected chi connectivity index (χ4v) is 11.9. The smallest absolute Gasteiger partial charge is 0 e. The normalized spacial score (nSPS) is 11.8. The van der Waals surface area contributed by atoms with Crippen molar-refractivity contribution in [2.75, 3.05) is 0 Å². The molecule has 0 unspecified atom stereocenters. The molecule has 0 saturated heterocycles. The molecule has 0 aliphatic heterocycles. The summed E-state index contributed by atoms with van der Waals surface area (Å²) >= 11 is -1.86. The zero-order valence-corrected chi connectivity index (χ0v) is 42.3. The van der Waals surface area contributed by atoms with E-state index in [0.717, 1.165) is 56.8 Å². The summed E-state index contributed by atoms with van der Waals surface area (Å²) in [5.41, 5.74) is 11.5. The zero-order valence-electron chi connectivity index (χ0n) is 37.8. The maximum atomic E-state index is 15.5. The zero-order chi connectivity index (χ0) is 44.6. The summed E-state index contributed by atoms with van der Waals surface area (Å²) in [5, 5.41) is 0.999. The number of para-hydroxylation sites is 2. The predicted octanol–water partition coefficient (Wildman–Crippen LogP) is 14.2. The second-order valence-corrected chi connectivity index (χ2v) is 29.0. The summed E-state index contributed by atoms with van der Waals surface area (Å²) in [7, 11) is 0. The van der Waals surface area contributed by atoms with E-state index in [0.29, 0.717) is 39.4 Å². The Bertz CT molecular complexity index is 3230. The van der Waals surface area contributed by atoms with Crippen LogP contribution in [0.5, 0.6) is 0 Å². The van der Waals surface area contributed by atoms with Crippen molar-refractivity contribution in [1.29, 1.82) is 0 Å². The molecule has 10 aromatic rings. The summed E-state index contributed by atoms with van der Waals surface area (Å²) in [4.78, 5) is 14.6. The second-order valence-electron chi connectivity index (χ2n) is 18.4. The van der Waals surface area contributed by atoms with E-state index in [1.54, 1.807) is 4.40 Å². The van der Waals surface area contributed by atoms with Crippen LogP contribution in [0.4, 0.5) is 4.39 Å². The van der Waals surface area contributed by atoms with Gasteiger partial charge in [-0.25, -0.2) is 4.98 Å². The van der Waals surface area contributed by atoms with Crippen LogP contribution in [0.15, 0.2) is 168 Å². The quantitative estimate of drug-likeness (QED) is 0.107. The van der Waals surface area contributed by atoms with Crippen LogP contribution in [-0.4, -0.2) is 32.8 Å². The molecule has 0 aliphatic rings. The van der Waals surface area contributed by atoms with E-state index in [-0.39, 0.29) is 25.5 Å². The Morgan fingerprint density at radius 1 is 0.754 bits per heavy atom. The number of benzene rings is 6. The third-order valence-electron chi connectivity index (χ3n) is 11.9. The molecule has 0 bridgehead atoms. The average Bonchev–Trinajstić information content (AvgIpc) is 3.89. The summed E-state index contributed by atoms with van der Waals surface area (Å²) < 4.78 is 25.6. The third-order valence-corrected chi connectivity index (χ3v) is 16.3. The number of hydrogen-bond acceptors (Lipinski definition) is 4. The SMILES string of the molecule is CC(C)(c1ccccc1)c1ccc2c(n1)oc1c(-c3nc4ccccc4n3-c3ccc(-c4ccccc4)cc3)[c-]cc(F)c12.CC(C)Cc1cc(-c2[c-]cccc2)nc[c]1[Ge]([CH3])([CH3])[CH3].[Ir]. The van der Waals surface area contributed by atoms with Gasteiger partial charge >= 0.3 is 126 Å². The number of rotatable bonds is 9. The van der Waals surface area contributed by atoms with Crippen molar-refractivity contribution in [3.05, 3.63) is 199 Å². The Kier molecular flexibility index (Phi) is 13.2. The molecular formula is C57H51FGeIrN4O-2. The maximum absolute atomic E-state index is 15.5. The van der Waals surface area contributed by atoms with Gasteiger partial charge in [-0.15, -0.1) is 12.1 Å². The van der Waals surface area contributed by atoms with E-state index in [4.69, 9.17) is 19.4 Å². The van der Waals surface area contributed by atoms with Crippen molar-refractivity contribution in [3.63, 3.8) is 0 Å². The minimum Gasteiger partial charge on any atom is 0 e. The molecular weight excluding hydrogens is 1040 g/mol. The summed E-state index contributed by atoms with van der Waals surface area (Å²) in [6.07, 6.45) is 3.27.